The van der Waals surface area contributed by atoms with E-state index in [0.717, 1.165) is 56.9 Å². The molecule has 1 N–H and O–H groups in total. The Morgan fingerprint density at radius 3 is 2.93 bits per heavy atom. The predicted molar refractivity (Wildman–Crippen MR) is 108 cm³/mol. The second-order valence-corrected chi connectivity index (χ2v) is 8.50. The molecule has 0 unspecified atom stereocenters. The summed E-state index contributed by atoms with van der Waals surface area (Å²) in [5.41, 5.74) is 2.61. The van der Waals surface area contributed by atoms with Gasteiger partial charge >= 0.3 is 0 Å². The van der Waals surface area contributed by atoms with Crippen LogP contribution in [-0.2, 0) is 7.05 Å². The van der Waals surface area contributed by atoms with Gasteiger partial charge in [-0.05, 0) is 44.3 Å². The van der Waals surface area contributed by atoms with Crippen molar-refractivity contribution < 1.29 is 5.11 Å². The van der Waals surface area contributed by atoms with E-state index in [4.69, 9.17) is 4.98 Å². The summed E-state index contributed by atoms with van der Waals surface area (Å²) < 4.78 is 1.77. The summed E-state index contributed by atoms with van der Waals surface area (Å²) in [5.74, 6) is 0.305. The number of hydrogen-bond acceptors (Lipinski definition) is 6. The van der Waals surface area contributed by atoms with Gasteiger partial charge in [-0.2, -0.15) is 5.10 Å². The Labute approximate surface area is 161 Å². The molecular weight excluding hydrogens is 358 g/mol. The van der Waals surface area contributed by atoms with E-state index >= 15 is 0 Å². The van der Waals surface area contributed by atoms with Crippen molar-refractivity contribution in [3.05, 3.63) is 41.5 Å². The molecule has 0 radical (unpaired) electrons. The summed E-state index contributed by atoms with van der Waals surface area (Å²) in [6, 6.07) is 8.26. The van der Waals surface area contributed by atoms with Gasteiger partial charge in [-0.1, -0.05) is 0 Å². The number of aliphatic hydroxyl groups is 1. The second-order valence-electron chi connectivity index (χ2n) is 7.44. The Balaban J connectivity index is 1.49. The van der Waals surface area contributed by atoms with E-state index in [1.54, 1.807) is 16.0 Å². The highest BCUT2D eigenvalue weighted by Crippen LogP contribution is 2.36. The highest BCUT2D eigenvalue weighted by Gasteiger charge is 2.28. The van der Waals surface area contributed by atoms with Crippen molar-refractivity contribution in [2.45, 2.75) is 12.5 Å². The summed E-state index contributed by atoms with van der Waals surface area (Å²) in [6.45, 7) is 2.00. The van der Waals surface area contributed by atoms with Gasteiger partial charge in [-0.15, -0.1) is 11.3 Å². The minimum Gasteiger partial charge on any atom is -0.387 e. The Morgan fingerprint density at radius 2 is 2.11 bits per heavy atom. The molecule has 0 spiro atoms. The maximum absolute atomic E-state index is 10.8. The molecule has 1 fully saturated rings. The summed E-state index contributed by atoms with van der Waals surface area (Å²) in [6.07, 6.45) is 4.41. The zero-order valence-electron chi connectivity index (χ0n) is 15.3. The van der Waals surface area contributed by atoms with E-state index in [1.165, 1.54) is 0 Å². The van der Waals surface area contributed by atoms with Crippen LogP contribution in [0.5, 0.6) is 0 Å². The van der Waals surface area contributed by atoms with Crippen LogP contribution in [-0.4, -0.2) is 49.9 Å². The number of thiophene rings is 1. The van der Waals surface area contributed by atoms with Crippen LogP contribution in [0.3, 0.4) is 0 Å². The van der Waals surface area contributed by atoms with Crippen LogP contribution in [0.2, 0.25) is 0 Å². The molecule has 1 saturated heterocycles. The monoisotopic (exact) mass is 379 g/mol. The molecule has 5 heterocycles. The van der Waals surface area contributed by atoms with Crippen molar-refractivity contribution in [2.75, 3.05) is 20.1 Å². The van der Waals surface area contributed by atoms with Crippen molar-refractivity contribution in [2.24, 2.45) is 13.0 Å². The van der Waals surface area contributed by atoms with Crippen molar-refractivity contribution in [1.82, 2.24) is 24.6 Å². The van der Waals surface area contributed by atoms with Gasteiger partial charge in [0, 0.05) is 53.1 Å². The summed E-state index contributed by atoms with van der Waals surface area (Å²) in [5, 5.41) is 17.2. The topological polar surface area (TPSA) is 67.1 Å². The Bertz CT molecular complexity index is 1130. The highest BCUT2D eigenvalue weighted by molar-refractivity contribution is 7.18. The number of fused-ring (bicyclic) bond motifs is 2. The Morgan fingerprint density at radius 1 is 1.22 bits per heavy atom. The molecule has 5 rings (SSSR count). The van der Waals surface area contributed by atoms with Gasteiger partial charge < -0.3 is 10.0 Å². The van der Waals surface area contributed by atoms with Gasteiger partial charge in [0.25, 0.3) is 0 Å². The normalized spacial score (nSPS) is 19.3. The van der Waals surface area contributed by atoms with Gasteiger partial charge in [-0.25, -0.2) is 9.97 Å². The number of hydrogen-bond donors (Lipinski definition) is 1. The van der Waals surface area contributed by atoms with Crippen LogP contribution in [0.4, 0.5) is 0 Å². The van der Waals surface area contributed by atoms with Crippen LogP contribution >= 0.6 is 11.3 Å². The molecule has 2 atom stereocenters. The van der Waals surface area contributed by atoms with Crippen LogP contribution in [0.15, 0.2) is 36.7 Å². The second kappa shape index (κ2) is 6.37. The molecule has 7 heteroatoms. The third-order valence-electron chi connectivity index (χ3n) is 5.34. The van der Waals surface area contributed by atoms with Crippen LogP contribution < -0.4 is 0 Å². The lowest BCUT2D eigenvalue weighted by molar-refractivity contribution is 0.116. The first-order valence-corrected chi connectivity index (χ1v) is 9.95. The minimum absolute atomic E-state index is 0.305. The molecule has 138 valence electrons. The van der Waals surface area contributed by atoms with Crippen LogP contribution in [0.1, 0.15) is 17.4 Å². The zero-order chi connectivity index (χ0) is 18.5. The summed E-state index contributed by atoms with van der Waals surface area (Å²) in [7, 11) is 4.00. The summed E-state index contributed by atoms with van der Waals surface area (Å²) in [4.78, 5) is 13.5. The zero-order valence-corrected chi connectivity index (χ0v) is 16.1. The molecule has 6 nitrogen and oxygen atoms in total. The maximum atomic E-state index is 10.8. The molecule has 0 aromatic carbocycles. The Kier molecular flexibility index (Phi) is 3.96. The lowest BCUT2D eigenvalue weighted by Gasteiger charge is -2.16. The lowest BCUT2D eigenvalue weighted by Crippen LogP contribution is -2.17. The van der Waals surface area contributed by atoms with Gasteiger partial charge in [0.1, 0.15) is 4.83 Å². The average Bonchev–Trinajstić information content (AvgIpc) is 3.36. The lowest BCUT2D eigenvalue weighted by atomic mass is 10.0. The molecule has 0 saturated carbocycles. The SMILES string of the molecule is CN1CC[C@H]([C@@H](O)c2cc3ccc(-c4cnc5nn(C)cc5c4)nc3s2)C1. The quantitative estimate of drug-likeness (QED) is 0.592. The average molecular weight is 379 g/mol. The first kappa shape index (κ1) is 16.8. The molecule has 4 aromatic rings. The number of likely N-dealkylation sites (tertiary alicyclic amines) is 1. The van der Waals surface area contributed by atoms with Crippen LogP contribution in [0, 0.1) is 5.92 Å². The van der Waals surface area contributed by atoms with E-state index in [0.29, 0.717) is 5.92 Å². The van der Waals surface area contributed by atoms with E-state index in [1.807, 2.05) is 25.5 Å². The molecule has 0 amide bonds. The fraction of sp³-hybridized carbons (Fsp3) is 0.350. The molecule has 4 aromatic heterocycles. The number of aromatic nitrogens is 4. The number of aryl methyl sites for hydroxylation is 1. The molecule has 1 aliphatic heterocycles. The number of nitrogens with zero attached hydrogens (tertiary/aromatic N) is 5. The van der Waals surface area contributed by atoms with E-state index in [-0.39, 0.29) is 0 Å². The molecule has 1 aliphatic rings. The predicted octanol–water partition coefficient (Wildman–Crippen LogP) is 3.23. The maximum Gasteiger partial charge on any atom is 0.181 e. The molecule has 27 heavy (non-hydrogen) atoms. The fourth-order valence-corrected chi connectivity index (χ4v) is 4.99. The van der Waals surface area contributed by atoms with Gasteiger partial charge in [-0.3, -0.25) is 4.68 Å². The van der Waals surface area contributed by atoms with Crippen LogP contribution in [0.25, 0.3) is 32.5 Å². The minimum atomic E-state index is -0.411. The number of aliphatic hydroxyl groups excluding tert-OH is 1. The van der Waals surface area contributed by atoms with E-state index in [2.05, 4.69) is 40.2 Å². The van der Waals surface area contributed by atoms with Crippen molar-refractivity contribution in [3.63, 3.8) is 0 Å². The van der Waals surface area contributed by atoms with Crippen molar-refractivity contribution in [1.29, 1.82) is 0 Å². The first-order valence-electron chi connectivity index (χ1n) is 9.14. The first-order chi connectivity index (χ1) is 13.1. The van der Waals surface area contributed by atoms with Gasteiger partial charge in [0.2, 0.25) is 0 Å². The van der Waals surface area contributed by atoms with Crippen molar-refractivity contribution in [3.8, 4) is 11.3 Å². The number of pyridine rings is 2. The largest absolute Gasteiger partial charge is 0.387 e. The number of rotatable bonds is 3. The Hall–Kier alpha value is -2.35. The molecule has 0 aliphatic carbocycles. The third kappa shape index (κ3) is 3.01. The molecule has 0 bridgehead atoms. The van der Waals surface area contributed by atoms with E-state index < -0.39 is 6.10 Å². The van der Waals surface area contributed by atoms with Gasteiger partial charge in [0.05, 0.1) is 11.8 Å². The fourth-order valence-electron chi connectivity index (χ4n) is 3.88. The molecular formula is C20H21N5OS. The third-order valence-corrected chi connectivity index (χ3v) is 6.45. The standard InChI is InChI=1S/C20H21N5OS/c1-24-6-5-13(10-24)18(26)17-8-12-3-4-16(22-20(12)27-17)14-7-15-11-25(2)23-19(15)21-9-14/h3-4,7-9,11,13,18,26H,5-6,10H2,1-2H3/t13-,18+/m0/s1. The summed E-state index contributed by atoms with van der Waals surface area (Å²) >= 11 is 1.59. The van der Waals surface area contributed by atoms with Gasteiger partial charge in [0.15, 0.2) is 5.65 Å². The van der Waals surface area contributed by atoms with Crippen molar-refractivity contribution >= 4 is 32.6 Å². The smallest absolute Gasteiger partial charge is 0.181 e. The highest BCUT2D eigenvalue weighted by atomic mass is 32.1. The van der Waals surface area contributed by atoms with E-state index in [9.17, 15) is 5.11 Å².